The Labute approximate surface area is 578 Å². The van der Waals surface area contributed by atoms with E-state index in [9.17, 15) is 19.5 Å². The molecule has 0 aromatic rings. The Morgan fingerprint density at radius 1 is 0.333 bits per heavy atom. The van der Waals surface area contributed by atoms with Gasteiger partial charge in [-0.05, 0) is 51.4 Å². The quantitative estimate of drug-likeness (QED) is 0.0211. The molecule has 0 saturated carbocycles. The van der Waals surface area contributed by atoms with Crippen LogP contribution in [-0.2, 0) is 33.3 Å². The zero-order valence-electron chi connectivity index (χ0n) is 62.7. The minimum absolute atomic E-state index is 0.178. The molecule has 0 aromatic carbocycles. The first kappa shape index (κ1) is 90.2. The summed E-state index contributed by atoms with van der Waals surface area (Å²) in [5.74, 6) is -1.98. The van der Waals surface area contributed by atoms with Crippen LogP contribution in [0.5, 0.6) is 0 Å². The summed E-state index contributed by atoms with van der Waals surface area (Å²) in [6.45, 7) is 4.84. The van der Waals surface area contributed by atoms with E-state index in [-0.39, 0.29) is 38.2 Å². The van der Waals surface area contributed by atoms with Crippen LogP contribution in [0.1, 0.15) is 412 Å². The van der Waals surface area contributed by atoms with Gasteiger partial charge in [-0.25, -0.2) is 4.79 Å². The first-order valence-electron chi connectivity index (χ1n) is 40.8. The molecule has 0 radical (unpaired) electrons. The number of rotatable bonds is 77. The van der Waals surface area contributed by atoms with Crippen LogP contribution < -0.4 is 0 Å². The second-order valence-electron chi connectivity index (χ2n) is 29.1. The van der Waals surface area contributed by atoms with Gasteiger partial charge in [0, 0.05) is 12.8 Å². The zero-order chi connectivity index (χ0) is 67.5. The second-order valence-corrected chi connectivity index (χ2v) is 29.1. The smallest absolute Gasteiger partial charge is 0.361 e. The highest BCUT2D eigenvalue weighted by atomic mass is 16.7. The van der Waals surface area contributed by atoms with Crippen molar-refractivity contribution in [3.8, 4) is 0 Å². The third kappa shape index (κ3) is 76.5. The Balaban J connectivity index is 3.91. The van der Waals surface area contributed by atoms with E-state index in [1.54, 1.807) is 0 Å². The number of nitrogens with zero attached hydrogens (tertiary/aromatic N) is 1. The van der Waals surface area contributed by atoms with Gasteiger partial charge in [-0.3, -0.25) is 9.59 Å². The minimum Gasteiger partial charge on any atom is -0.477 e. The molecule has 0 amide bonds. The van der Waals surface area contributed by atoms with Gasteiger partial charge in [-0.2, -0.15) is 0 Å². The molecule has 2 atom stereocenters. The van der Waals surface area contributed by atoms with E-state index in [1.165, 1.54) is 321 Å². The number of hydrogen-bond donors (Lipinski definition) is 1. The summed E-state index contributed by atoms with van der Waals surface area (Å²) in [5, 5.41) is 9.77. The van der Waals surface area contributed by atoms with E-state index in [4.69, 9.17) is 18.9 Å². The molecule has 0 rings (SSSR count). The molecule has 93 heavy (non-hydrogen) atoms. The zero-order valence-corrected chi connectivity index (χ0v) is 62.7. The molecule has 0 spiro atoms. The van der Waals surface area contributed by atoms with Crippen molar-refractivity contribution in [1.29, 1.82) is 0 Å². The standard InChI is InChI=1S/C84H157NO8/c1-6-8-10-12-14-16-18-20-22-24-26-28-30-32-34-35-36-37-38-39-40-41-42-43-44-45-46-47-49-50-52-54-56-58-60-62-64-66-68-70-72-74-81(86)91-78-80(79-92-84(83(88)89)90-77-76-85(3,4)5)93-82(87)75-73-71-69-67-65-63-61-59-57-55-53-51-48-33-31-29-27-25-23-21-19-17-15-13-11-9-7-2/h9,11,15,17,21,23,27,29,80,84H,6-8,10,12-14,16,18-20,22,24-26,28,30-79H2,1-5H3/p+1/b11-9-,17-15-,23-21-,29-27-. The summed E-state index contributed by atoms with van der Waals surface area (Å²) in [7, 11) is 5.99. The number of carboxylic acid groups (broad SMARTS) is 1. The lowest BCUT2D eigenvalue weighted by Gasteiger charge is -2.25. The Hall–Kier alpha value is -2.75. The molecule has 0 aromatic heterocycles. The molecule has 9 heteroatoms. The van der Waals surface area contributed by atoms with Crippen LogP contribution >= 0.6 is 0 Å². The Bertz CT molecular complexity index is 1670. The number of aliphatic carboxylic acids is 1. The molecule has 0 saturated heterocycles. The second kappa shape index (κ2) is 75.0. The maximum Gasteiger partial charge on any atom is 0.361 e. The summed E-state index contributed by atoms with van der Waals surface area (Å²) in [5.41, 5.74) is 0. The Kier molecular flexibility index (Phi) is 72.8. The minimum atomic E-state index is -1.51. The SMILES string of the molecule is CC/C=C\C/C=C\C/C=C\C/C=C\CCCCCCCCCCCCCCCCC(=O)OC(COC(=O)CCCCCCCCCCCCCCCCCCCCCCCCCCCCCCCCCCCCCCCCCCC)COC(OCC[N+](C)(C)C)C(=O)O. The molecule has 0 aliphatic rings. The fourth-order valence-electron chi connectivity index (χ4n) is 12.4. The van der Waals surface area contributed by atoms with Crippen molar-refractivity contribution in [1.82, 2.24) is 0 Å². The van der Waals surface area contributed by atoms with Crippen LogP contribution in [-0.4, -0.2) is 87.4 Å². The lowest BCUT2D eigenvalue weighted by Crippen LogP contribution is -2.40. The highest BCUT2D eigenvalue weighted by Crippen LogP contribution is 2.20. The van der Waals surface area contributed by atoms with Crippen LogP contribution in [0.4, 0.5) is 0 Å². The van der Waals surface area contributed by atoms with E-state index in [0.29, 0.717) is 17.4 Å². The molecular formula is C84H158NO8+. The van der Waals surface area contributed by atoms with Crippen LogP contribution in [0.3, 0.4) is 0 Å². The molecule has 0 fully saturated rings. The number of carbonyl (C=O) groups excluding carboxylic acids is 2. The number of carbonyl (C=O) groups is 3. The third-order valence-electron chi connectivity index (χ3n) is 18.6. The van der Waals surface area contributed by atoms with Crippen LogP contribution in [0.2, 0.25) is 0 Å². The highest BCUT2D eigenvalue weighted by Gasteiger charge is 2.25. The van der Waals surface area contributed by atoms with Crippen LogP contribution in [0.15, 0.2) is 48.6 Å². The van der Waals surface area contributed by atoms with Gasteiger partial charge in [0.25, 0.3) is 6.29 Å². The highest BCUT2D eigenvalue weighted by molar-refractivity contribution is 5.71. The van der Waals surface area contributed by atoms with Crippen molar-refractivity contribution in [3.63, 3.8) is 0 Å². The largest absolute Gasteiger partial charge is 0.477 e. The number of likely N-dealkylation sites (N-methyl/N-ethyl adjacent to an activating group) is 1. The van der Waals surface area contributed by atoms with Crippen molar-refractivity contribution in [3.05, 3.63) is 48.6 Å². The predicted molar refractivity (Wildman–Crippen MR) is 401 cm³/mol. The number of carboxylic acids is 1. The van der Waals surface area contributed by atoms with Crippen molar-refractivity contribution >= 4 is 17.9 Å². The lowest BCUT2D eigenvalue weighted by molar-refractivity contribution is -0.870. The maximum atomic E-state index is 13.0. The summed E-state index contributed by atoms with van der Waals surface area (Å²) in [6, 6.07) is 0. The van der Waals surface area contributed by atoms with Gasteiger partial charge in [0.15, 0.2) is 6.10 Å². The van der Waals surface area contributed by atoms with E-state index in [2.05, 4.69) is 62.5 Å². The average molecular weight is 1310 g/mol. The normalized spacial score (nSPS) is 12.8. The fraction of sp³-hybridized carbons (Fsp3) is 0.869. The van der Waals surface area contributed by atoms with E-state index in [1.807, 2.05) is 21.1 Å². The predicted octanol–water partition coefficient (Wildman–Crippen LogP) is 26.0. The van der Waals surface area contributed by atoms with E-state index < -0.39 is 18.4 Å². The van der Waals surface area contributed by atoms with Crippen molar-refractivity contribution in [2.24, 2.45) is 0 Å². The maximum absolute atomic E-state index is 13.0. The summed E-state index contributed by atoms with van der Waals surface area (Å²) < 4.78 is 23.1. The van der Waals surface area contributed by atoms with Gasteiger partial charge in [0.05, 0.1) is 34.4 Å². The van der Waals surface area contributed by atoms with Gasteiger partial charge in [-0.15, -0.1) is 0 Å². The van der Waals surface area contributed by atoms with Crippen molar-refractivity contribution in [2.75, 3.05) is 47.5 Å². The molecule has 1 N–H and O–H groups in total. The summed E-state index contributed by atoms with van der Waals surface area (Å²) >= 11 is 0. The number of allylic oxidation sites excluding steroid dienone is 8. The van der Waals surface area contributed by atoms with Crippen molar-refractivity contribution in [2.45, 2.75) is 424 Å². The average Bonchev–Trinajstić information content (AvgIpc) is 3.38. The van der Waals surface area contributed by atoms with Gasteiger partial charge in [0.1, 0.15) is 13.2 Å². The summed E-state index contributed by atoms with van der Waals surface area (Å²) in [4.78, 5) is 37.7. The van der Waals surface area contributed by atoms with Gasteiger partial charge < -0.3 is 28.5 Å². The number of esters is 2. The number of hydrogen-bond acceptors (Lipinski definition) is 7. The summed E-state index contributed by atoms with van der Waals surface area (Å²) in [6.07, 6.45) is 95.8. The van der Waals surface area contributed by atoms with Crippen molar-refractivity contribution < 1.29 is 42.9 Å². The molecule has 546 valence electrons. The molecule has 0 heterocycles. The third-order valence-corrected chi connectivity index (χ3v) is 18.6. The van der Waals surface area contributed by atoms with Gasteiger partial charge in [-0.1, -0.05) is 396 Å². The molecule has 0 bridgehead atoms. The lowest BCUT2D eigenvalue weighted by atomic mass is 10.0. The monoisotopic (exact) mass is 1310 g/mol. The topological polar surface area (TPSA) is 108 Å². The van der Waals surface area contributed by atoms with E-state index in [0.717, 1.165) is 64.2 Å². The Morgan fingerprint density at radius 2 is 0.613 bits per heavy atom. The van der Waals surface area contributed by atoms with E-state index >= 15 is 0 Å². The first-order chi connectivity index (χ1) is 45.6. The van der Waals surface area contributed by atoms with Crippen LogP contribution in [0.25, 0.3) is 0 Å². The van der Waals surface area contributed by atoms with Gasteiger partial charge in [0.2, 0.25) is 0 Å². The Morgan fingerprint density at radius 3 is 0.914 bits per heavy atom. The number of quaternary nitrogens is 1. The fourth-order valence-corrected chi connectivity index (χ4v) is 12.4. The first-order valence-corrected chi connectivity index (χ1v) is 40.8. The molecule has 2 unspecified atom stereocenters. The molecule has 9 nitrogen and oxygen atoms in total. The molecule has 0 aliphatic heterocycles. The van der Waals surface area contributed by atoms with Crippen LogP contribution in [0, 0.1) is 0 Å². The number of unbranched alkanes of at least 4 members (excludes halogenated alkanes) is 54. The molecular weight excluding hydrogens is 1150 g/mol. The molecule has 0 aliphatic carbocycles. The number of ether oxygens (including phenoxy) is 4. The van der Waals surface area contributed by atoms with Gasteiger partial charge >= 0.3 is 17.9 Å².